The van der Waals surface area contributed by atoms with Crippen LogP contribution in [0, 0.1) is 0 Å². The minimum Gasteiger partial charge on any atom is -0.508 e. The van der Waals surface area contributed by atoms with Gasteiger partial charge in [-0.2, -0.15) is 0 Å². The van der Waals surface area contributed by atoms with Gasteiger partial charge in [0.25, 0.3) is 0 Å². The highest BCUT2D eigenvalue weighted by Crippen LogP contribution is 2.26. The maximum Gasteiger partial charge on any atom is 0.188 e. The van der Waals surface area contributed by atoms with Gasteiger partial charge in [-0.15, -0.1) is 0 Å². The van der Waals surface area contributed by atoms with E-state index in [2.05, 4.69) is 0 Å². The summed E-state index contributed by atoms with van der Waals surface area (Å²) in [4.78, 5) is 12.2. The fraction of sp³-hybridized carbons (Fsp3) is 0.650. The first kappa shape index (κ1) is 24.9. The van der Waals surface area contributed by atoms with E-state index in [0.717, 1.165) is 0 Å². The number of carbonyl (C=O) groups excluding carboxylic acids is 1. The van der Waals surface area contributed by atoms with E-state index in [0.29, 0.717) is 0 Å². The summed E-state index contributed by atoms with van der Waals surface area (Å²) in [6.45, 7) is 0.514. The molecule has 7 N–H and O–H groups in total. The third-order valence-corrected chi connectivity index (χ3v) is 5.47. The van der Waals surface area contributed by atoms with E-state index >= 15 is 0 Å². The summed E-state index contributed by atoms with van der Waals surface area (Å²) in [5.74, 6) is -0.494. The third kappa shape index (κ3) is 5.43. The molecule has 0 radical (unpaired) electrons. The van der Waals surface area contributed by atoms with Crippen LogP contribution in [0.2, 0.25) is 0 Å². The summed E-state index contributed by atoms with van der Waals surface area (Å²) < 4.78 is 21.4. The number of Topliss-reactive ketones (excluding diaryl/α,β-unsaturated/α-hetero) is 1. The molecular formula is C20H28O12. The second-order valence-electron chi connectivity index (χ2n) is 7.81. The Labute approximate surface area is 183 Å². The lowest BCUT2D eigenvalue weighted by atomic mass is 9.98. The molecule has 12 heteroatoms. The number of phenols is 1. The molecule has 2 aliphatic heterocycles. The van der Waals surface area contributed by atoms with E-state index in [-0.39, 0.29) is 11.3 Å². The largest absolute Gasteiger partial charge is 0.508 e. The summed E-state index contributed by atoms with van der Waals surface area (Å²) in [5, 5.41) is 69.3. The van der Waals surface area contributed by atoms with E-state index < -0.39 is 80.4 Å². The van der Waals surface area contributed by atoms with Crippen molar-refractivity contribution in [3.8, 4) is 5.75 Å². The fourth-order valence-electron chi connectivity index (χ4n) is 3.42. The van der Waals surface area contributed by atoms with Gasteiger partial charge in [-0.3, -0.25) is 4.79 Å². The molecular weight excluding hydrogens is 432 g/mol. The van der Waals surface area contributed by atoms with Crippen LogP contribution in [-0.4, -0.2) is 116 Å². The van der Waals surface area contributed by atoms with Gasteiger partial charge in [0.05, 0.1) is 12.7 Å². The molecule has 0 spiro atoms. The lowest BCUT2D eigenvalue weighted by molar-refractivity contribution is -0.326. The number of aromatic hydroxyl groups is 1. The Hall–Kier alpha value is -1.71. The smallest absolute Gasteiger partial charge is 0.188 e. The van der Waals surface area contributed by atoms with Crippen LogP contribution in [0.1, 0.15) is 17.3 Å². The topological polar surface area (TPSA) is 196 Å². The maximum atomic E-state index is 12.2. The highest BCUT2D eigenvalue weighted by atomic mass is 16.7. The highest BCUT2D eigenvalue weighted by molar-refractivity contribution is 5.97. The lowest BCUT2D eigenvalue weighted by Gasteiger charge is -2.42. The number of aliphatic hydroxyl groups is 6. The molecule has 0 saturated carbocycles. The van der Waals surface area contributed by atoms with Gasteiger partial charge in [-0.1, -0.05) is 0 Å². The molecule has 0 bridgehead atoms. The molecule has 0 amide bonds. The molecule has 2 fully saturated rings. The van der Waals surface area contributed by atoms with E-state index in [1.165, 1.54) is 31.2 Å². The standard InChI is InChI=1S/C20H28O12/c1-8-13(23)15(25)17(27)19(31-8)30-7-12-14(24)16(26)18(28)20(32-12)29-6-11(22)9-2-4-10(21)5-3-9/h2-5,8,12-21,23-28H,6-7H2,1H3. The van der Waals surface area contributed by atoms with Crippen molar-refractivity contribution in [3.05, 3.63) is 29.8 Å². The van der Waals surface area contributed by atoms with E-state index in [1.54, 1.807) is 0 Å². The normalized spacial score (nSPS) is 40.2. The minimum atomic E-state index is -1.69. The van der Waals surface area contributed by atoms with Crippen LogP contribution in [0.25, 0.3) is 0 Å². The molecule has 2 heterocycles. The zero-order chi connectivity index (χ0) is 23.6. The van der Waals surface area contributed by atoms with Crippen LogP contribution in [0.15, 0.2) is 24.3 Å². The molecule has 2 saturated heterocycles. The predicted molar refractivity (Wildman–Crippen MR) is 103 cm³/mol. The summed E-state index contributed by atoms with van der Waals surface area (Å²) >= 11 is 0. The molecule has 0 aliphatic carbocycles. The monoisotopic (exact) mass is 460 g/mol. The average Bonchev–Trinajstić information content (AvgIpc) is 2.78. The molecule has 1 aromatic carbocycles. The number of aliphatic hydroxyl groups excluding tert-OH is 6. The Morgan fingerprint density at radius 3 is 2.00 bits per heavy atom. The number of hydrogen-bond acceptors (Lipinski definition) is 12. The molecule has 0 aromatic heterocycles. The Kier molecular flexibility index (Phi) is 8.16. The number of rotatable bonds is 7. The Morgan fingerprint density at radius 2 is 1.38 bits per heavy atom. The van der Waals surface area contributed by atoms with Gasteiger partial charge in [0, 0.05) is 5.56 Å². The van der Waals surface area contributed by atoms with Crippen molar-refractivity contribution in [1.82, 2.24) is 0 Å². The van der Waals surface area contributed by atoms with Crippen molar-refractivity contribution in [3.63, 3.8) is 0 Å². The molecule has 10 atom stereocenters. The van der Waals surface area contributed by atoms with Crippen LogP contribution in [0.5, 0.6) is 5.75 Å². The van der Waals surface area contributed by atoms with Gasteiger partial charge in [-0.05, 0) is 31.2 Å². The number of benzene rings is 1. The second-order valence-corrected chi connectivity index (χ2v) is 7.81. The SMILES string of the molecule is CC1OC(OCC2OC(OCC(=O)c3ccc(O)cc3)C(O)C(O)C2O)C(O)C(O)C1O. The van der Waals surface area contributed by atoms with E-state index in [1.807, 2.05) is 0 Å². The van der Waals surface area contributed by atoms with Crippen molar-refractivity contribution in [1.29, 1.82) is 0 Å². The van der Waals surface area contributed by atoms with Gasteiger partial charge in [0.2, 0.25) is 0 Å². The fourth-order valence-corrected chi connectivity index (χ4v) is 3.42. The first-order chi connectivity index (χ1) is 15.1. The summed E-state index contributed by atoms with van der Waals surface area (Å²) in [7, 11) is 0. The molecule has 10 unspecified atom stereocenters. The second kappa shape index (κ2) is 10.5. The third-order valence-electron chi connectivity index (χ3n) is 5.47. The number of phenolic OH excluding ortho intramolecular Hbond substituents is 1. The molecule has 32 heavy (non-hydrogen) atoms. The van der Waals surface area contributed by atoms with Crippen LogP contribution in [0.3, 0.4) is 0 Å². The maximum absolute atomic E-state index is 12.2. The van der Waals surface area contributed by atoms with Crippen LogP contribution >= 0.6 is 0 Å². The lowest BCUT2D eigenvalue weighted by Crippen LogP contribution is -2.61. The highest BCUT2D eigenvalue weighted by Gasteiger charge is 2.46. The number of hydrogen-bond donors (Lipinski definition) is 7. The number of ketones is 1. The molecule has 12 nitrogen and oxygen atoms in total. The first-order valence-electron chi connectivity index (χ1n) is 10.0. The Balaban J connectivity index is 1.57. The zero-order valence-corrected chi connectivity index (χ0v) is 17.2. The van der Waals surface area contributed by atoms with Crippen molar-refractivity contribution in [2.75, 3.05) is 13.2 Å². The summed E-state index contributed by atoms with van der Waals surface area (Å²) in [6.07, 6.45) is -14.3. The number of ether oxygens (including phenoxy) is 4. The predicted octanol–water partition coefficient (Wildman–Crippen LogP) is -2.76. The molecule has 1 aromatic rings. The van der Waals surface area contributed by atoms with Crippen LogP contribution < -0.4 is 0 Å². The van der Waals surface area contributed by atoms with Gasteiger partial charge >= 0.3 is 0 Å². The van der Waals surface area contributed by atoms with Gasteiger partial charge in [0.1, 0.15) is 55.1 Å². The zero-order valence-electron chi connectivity index (χ0n) is 17.2. The number of carbonyl (C=O) groups is 1. The average molecular weight is 460 g/mol. The molecule has 3 rings (SSSR count). The van der Waals surface area contributed by atoms with Crippen LogP contribution in [0.4, 0.5) is 0 Å². The van der Waals surface area contributed by atoms with Crippen molar-refractivity contribution in [2.45, 2.75) is 68.3 Å². The van der Waals surface area contributed by atoms with Crippen molar-refractivity contribution >= 4 is 5.78 Å². The van der Waals surface area contributed by atoms with Gasteiger partial charge in [0.15, 0.2) is 18.4 Å². The summed E-state index contributed by atoms with van der Waals surface area (Å²) in [6, 6.07) is 5.42. The Bertz CT molecular complexity index is 757. The van der Waals surface area contributed by atoms with E-state index in [4.69, 9.17) is 18.9 Å². The quantitative estimate of drug-likeness (QED) is 0.207. The van der Waals surface area contributed by atoms with Gasteiger partial charge < -0.3 is 54.7 Å². The molecule has 180 valence electrons. The van der Waals surface area contributed by atoms with Crippen molar-refractivity contribution < 1.29 is 59.5 Å². The van der Waals surface area contributed by atoms with Gasteiger partial charge in [-0.25, -0.2) is 0 Å². The molecule has 2 aliphatic rings. The Morgan fingerprint density at radius 1 is 0.812 bits per heavy atom. The minimum absolute atomic E-state index is 0.0167. The van der Waals surface area contributed by atoms with Crippen LogP contribution in [-0.2, 0) is 18.9 Å². The summed E-state index contributed by atoms with van der Waals surface area (Å²) in [5.41, 5.74) is 0.242. The van der Waals surface area contributed by atoms with Crippen molar-refractivity contribution in [2.24, 2.45) is 0 Å². The van der Waals surface area contributed by atoms with E-state index in [9.17, 15) is 40.5 Å². The first-order valence-corrected chi connectivity index (χ1v) is 10.0.